The molecule has 0 aromatic carbocycles. The van der Waals surface area contributed by atoms with Gasteiger partial charge in [-0.15, -0.1) is 0 Å². The molecule has 2 unspecified atom stereocenters. The van der Waals surface area contributed by atoms with Crippen LogP contribution in [0, 0.1) is 0 Å². The van der Waals surface area contributed by atoms with E-state index in [1.807, 2.05) is 0 Å². The number of nitrogens with zero attached hydrogens (tertiary/aromatic N) is 2. The van der Waals surface area contributed by atoms with Gasteiger partial charge in [-0.05, 0) is 0 Å². The number of carbonyl (C=O) groups is 1. The lowest BCUT2D eigenvalue weighted by Gasteiger charge is -2.17. The van der Waals surface area contributed by atoms with E-state index in [2.05, 4.69) is 19.4 Å². The maximum atomic E-state index is 11.6. The molecule has 1 aliphatic heterocycles. The first kappa shape index (κ1) is 10.5. The summed E-state index contributed by atoms with van der Waals surface area (Å²) < 4.78 is 12.9. The maximum Gasteiger partial charge on any atom is 0.273 e. The van der Waals surface area contributed by atoms with E-state index < -0.39 is 0 Å². The Hall–Kier alpha value is -1.05. The van der Waals surface area contributed by atoms with Crippen LogP contribution in [0.5, 0.6) is 0 Å². The highest BCUT2D eigenvalue weighted by molar-refractivity contribution is 6.99. The third-order valence-corrected chi connectivity index (χ3v) is 2.85. The van der Waals surface area contributed by atoms with Crippen LogP contribution in [0.4, 0.5) is 0 Å². The summed E-state index contributed by atoms with van der Waals surface area (Å²) in [6, 6.07) is 0.00389. The first-order valence-corrected chi connectivity index (χ1v) is 5.36. The second-order valence-electron chi connectivity index (χ2n) is 3.31. The molecule has 6 nitrogen and oxygen atoms in total. The smallest absolute Gasteiger partial charge is 0.273 e. The Kier molecular flexibility index (Phi) is 3.24. The average molecular weight is 228 g/mol. The number of methoxy groups -OCH3 is 1. The van der Waals surface area contributed by atoms with Crippen molar-refractivity contribution in [1.82, 2.24) is 19.4 Å². The van der Waals surface area contributed by atoms with Crippen LogP contribution in [-0.2, 0) is 4.74 Å². The largest absolute Gasteiger partial charge is 0.378 e. The maximum absolute atomic E-state index is 11.6. The summed E-state index contributed by atoms with van der Waals surface area (Å²) in [5.41, 5.74) is 0.363. The molecule has 1 amide bonds. The van der Waals surface area contributed by atoms with Crippen LogP contribution < -0.4 is 10.6 Å². The number of hydrogen-bond donors (Lipinski definition) is 2. The molecular weight excluding hydrogens is 216 g/mol. The second-order valence-corrected chi connectivity index (χ2v) is 3.86. The number of aromatic nitrogens is 2. The molecule has 1 aromatic heterocycles. The first-order chi connectivity index (χ1) is 7.31. The minimum atomic E-state index is -0.195. The number of ether oxygens (including phenoxy) is 1. The van der Waals surface area contributed by atoms with Crippen LogP contribution in [0.2, 0.25) is 0 Å². The minimum Gasteiger partial charge on any atom is -0.378 e. The summed E-state index contributed by atoms with van der Waals surface area (Å²) in [7, 11) is 1.64. The van der Waals surface area contributed by atoms with E-state index in [-0.39, 0.29) is 18.1 Å². The van der Waals surface area contributed by atoms with Gasteiger partial charge in [0.05, 0.1) is 30.1 Å². The number of carbonyl (C=O) groups excluding carboxylic acids is 1. The zero-order valence-electron chi connectivity index (χ0n) is 8.27. The molecule has 1 saturated heterocycles. The van der Waals surface area contributed by atoms with Gasteiger partial charge in [0.25, 0.3) is 5.91 Å². The molecule has 15 heavy (non-hydrogen) atoms. The van der Waals surface area contributed by atoms with Gasteiger partial charge in [-0.3, -0.25) is 4.79 Å². The summed E-state index contributed by atoms with van der Waals surface area (Å²) >= 11 is 1.02. The van der Waals surface area contributed by atoms with Crippen molar-refractivity contribution in [2.24, 2.45) is 0 Å². The molecule has 1 aromatic rings. The molecule has 2 rings (SSSR count). The van der Waals surface area contributed by atoms with Gasteiger partial charge >= 0.3 is 0 Å². The third kappa shape index (κ3) is 2.31. The van der Waals surface area contributed by atoms with Crippen molar-refractivity contribution in [2.45, 2.75) is 12.1 Å². The number of nitrogens with one attached hydrogen (secondary N) is 2. The monoisotopic (exact) mass is 228 g/mol. The van der Waals surface area contributed by atoms with E-state index in [0.29, 0.717) is 5.69 Å². The Morgan fingerprint density at radius 2 is 2.60 bits per heavy atom. The van der Waals surface area contributed by atoms with Crippen LogP contribution in [0.1, 0.15) is 10.5 Å². The van der Waals surface area contributed by atoms with Gasteiger partial charge in [0.2, 0.25) is 0 Å². The molecule has 2 atom stereocenters. The van der Waals surface area contributed by atoms with Crippen molar-refractivity contribution in [3.8, 4) is 0 Å². The summed E-state index contributed by atoms with van der Waals surface area (Å²) in [6.07, 6.45) is 1.49. The average Bonchev–Trinajstić information content (AvgIpc) is 2.87. The predicted molar refractivity (Wildman–Crippen MR) is 54.8 cm³/mol. The van der Waals surface area contributed by atoms with Gasteiger partial charge in [0.15, 0.2) is 5.69 Å². The number of amides is 1. The predicted octanol–water partition coefficient (Wildman–Crippen LogP) is -0.745. The molecular formula is C8H12N4O2S. The summed E-state index contributed by atoms with van der Waals surface area (Å²) in [4.78, 5) is 11.6. The summed E-state index contributed by atoms with van der Waals surface area (Å²) in [6.45, 7) is 1.48. The quantitative estimate of drug-likeness (QED) is 0.712. The van der Waals surface area contributed by atoms with Gasteiger partial charge in [0, 0.05) is 20.2 Å². The Morgan fingerprint density at radius 3 is 3.27 bits per heavy atom. The fourth-order valence-corrected chi connectivity index (χ4v) is 1.97. The van der Waals surface area contributed by atoms with Crippen molar-refractivity contribution in [2.75, 3.05) is 20.2 Å². The van der Waals surface area contributed by atoms with E-state index in [9.17, 15) is 4.79 Å². The molecule has 0 aliphatic carbocycles. The SMILES string of the molecule is COC1CNCC1NC(=O)c1cnsn1. The topological polar surface area (TPSA) is 76.1 Å². The van der Waals surface area contributed by atoms with Gasteiger partial charge in [-0.1, -0.05) is 0 Å². The van der Waals surface area contributed by atoms with Crippen molar-refractivity contribution < 1.29 is 9.53 Å². The molecule has 0 radical (unpaired) electrons. The Bertz CT molecular complexity index is 329. The summed E-state index contributed by atoms with van der Waals surface area (Å²) in [5, 5.41) is 6.01. The molecule has 7 heteroatoms. The van der Waals surface area contributed by atoms with Gasteiger partial charge in [0.1, 0.15) is 0 Å². The lowest BCUT2D eigenvalue weighted by molar-refractivity contribution is 0.0777. The highest BCUT2D eigenvalue weighted by atomic mass is 32.1. The Labute approximate surface area is 91.4 Å². The molecule has 2 N–H and O–H groups in total. The molecule has 0 bridgehead atoms. The van der Waals surface area contributed by atoms with Crippen molar-refractivity contribution in [3.63, 3.8) is 0 Å². The molecule has 0 spiro atoms. The van der Waals surface area contributed by atoms with Crippen LogP contribution in [0.3, 0.4) is 0 Å². The zero-order valence-corrected chi connectivity index (χ0v) is 9.08. The fraction of sp³-hybridized carbons (Fsp3) is 0.625. The van der Waals surface area contributed by atoms with E-state index >= 15 is 0 Å². The van der Waals surface area contributed by atoms with E-state index in [4.69, 9.17) is 4.74 Å². The summed E-state index contributed by atoms with van der Waals surface area (Å²) in [5.74, 6) is -0.195. The van der Waals surface area contributed by atoms with Crippen molar-refractivity contribution in [1.29, 1.82) is 0 Å². The molecule has 82 valence electrons. The van der Waals surface area contributed by atoms with Gasteiger partial charge < -0.3 is 15.4 Å². The molecule has 1 fully saturated rings. The Balaban J connectivity index is 1.94. The van der Waals surface area contributed by atoms with Crippen LogP contribution in [0.15, 0.2) is 6.20 Å². The lowest BCUT2D eigenvalue weighted by Crippen LogP contribution is -2.43. The van der Waals surface area contributed by atoms with E-state index in [1.54, 1.807) is 7.11 Å². The van der Waals surface area contributed by atoms with Crippen molar-refractivity contribution in [3.05, 3.63) is 11.9 Å². The normalized spacial score (nSPS) is 25.4. The molecule has 1 aliphatic rings. The van der Waals surface area contributed by atoms with Crippen LogP contribution >= 0.6 is 11.7 Å². The van der Waals surface area contributed by atoms with Gasteiger partial charge in [-0.2, -0.15) is 8.75 Å². The van der Waals surface area contributed by atoms with Crippen LogP contribution in [0.25, 0.3) is 0 Å². The highest BCUT2D eigenvalue weighted by Crippen LogP contribution is 2.05. The fourth-order valence-electron chi connectivity index (χ4n) is 1.55. The van der Waals surface area contributed by atoms with E-state index in [0.717, 1.165) is 24.8 Å². The second kappa shape index (κ2) is 4.65. The van der Waals surface area contributed by atoms with E-state index in [1.165, 1.54) is 6.20 Å². The minimum absolute atomic E-state index is 0.00389. The number of hydrogen-bond acceptors (Lipinski definition) is 6. The molecule has 2 heterocycles. The highest BCUT2D eigenvalue weighted by Gasteiger charge is 2.28. The standard InChI is InChI=1S/C8H12N4O2S/c1-14-7-4-9-2-5(7)11-8(13)6-3-10-15-12-6/h3,5,7,9H,2,4H2,1H3,(H,11,13). The number of rotatable bonds is 3. The Morgan fingerprint density at radius 1 is 1.73 bits per heavy atom. The lowest BCUT2D eigenvalue weighted by atomic mass is 10.2. The van der Waals surface area contributed by atoms with Gasteiger partial charge in [-0.25, -0.2) is 0 Å². The third-order valence-electron chi connectivity index (χ3n) is 2.37. The van der Waals surface area contributed by atoms with Crippen molar-refractivity contribution >= 4 is 17.6 Å². The molecule has 0 saturated carbocycles. The van der Waals surface area contributed by atoms with Crippen LogP contribution in [-0.4, -0.2) is 47.0 Å². The zero-order chi connectivity index (χ0) is 10.7. The first-order valence-electron chi connectivity index (χ1n) is 4.63.